The van der Waals surface area contributed by atoms with Gasteiger partial charge >= 0.3 is 5.97 Å². The Bertz CT molecular complexity index is 780. The van der Waals surface area contributed by atoms with Gasteiger partial charge in [-0.1, -0.05) is 35.5 Å². The number of aryl methyl sites for hydroxylation is 1. The predicted octanol–water partition coefficient (Wildman–Crippen LogP) is 4.07. The molecule has 0 fully saturated rings. The topological polar surface area (TPSA) is 54.4 Å². The highest BCUT2D eigenvalue weighted by Gasteiger charge is 2.23. The number of benzene rings is 2. The molecule has 0 aliphatic carbocycles. The van der Waals surface area contributed by atoms with Crippen molar-refractivity contribution in [3.05, 3.63) is 58.7 Å². The second-order valence-corrected chi connectivity index (χ2v) is 6.71. The third kappa shape index (κ3) is 2.66. The van der Waals surface area contributed by atoms with Gasteiger partial charge < -0.3 is 5.11 Å². The quantitative estimate of drug-likeness (QED) is 0.908. The number of aliphatic carboxylic acids is 1. The van der Waals surface area contributed by atoms with Crippen molar-refractivity contribution in [3.8, 4) is 0 Å². The number of carboxylic acid groups (broad SMARTS) is 1. The first-order valence-electron chi connectivity index (χ1n) is 7.13. The summed E-state index contributed by atoms with van der Waals surface area (Å²) in [5.41, 5.74) is 3.48. The summed E-state index contributed by atoms with van der Waals surface area (Å²) >= 11 is 1.58. The molecule has 0 aromatic heterocycles. The monoisotopic (exact) mass is 312 g/mol. The number of hydrogen-bond donors (Lipinski definition) is 1. The fourth-order valence-corrected chi connectivity index (χ4v) is 3.65. The minimum atomic E-state index is -0.882. The molecule has 0 saturated heterocycles. The van der Waals surface area contributed by atoms with E-state index in [1.165, 1.54) is 0 Å². The van der Waals surface area contributed by atoms with E-state index in [1.54, 1.807) is 30.8 Å². The summed E-state index contributed by atoms with van der Waals surface area (Å²) in [6.07, 6.45) is 0.363. The molecule has 112 valence electrons. The Kier molecular flexibility index (Phi) is 3.79. The molecule has 0 bridgehead atoms. The van der Waals surface area contributed by atoms with E-state index in [-0.39, 0.29) is 5.78 Å². The summed E-state index contributed by atoms with van der Waals surface area (Å²) in [7, 11) is 0. The first-order chi connectivity index (χ1) is 10.5. The van der Waals surface area contributed by atoms with Crippen LogP contribution in [0.2, 0.25) is 0 Å². The van der Waals surface area contributed by atoms with Crippen LogP contribution >= 0.6 is 11.8 Å². The van der Waals surface area contributed by atoms with E-state index < -0.39 is 11.9 Å². The number of Topliss-reactive ketones (excluding diaryl/α,β-unsaturated/α-hetero) is 1. The van der Waals surface area contributed by atoms with Gasteiger partial charge in [0.1, 0.15) is 0 Å². The summed E-state index contributed by atoms with van der Waals surface area (Å²) < 4.78 is 0. The van der Waals surface area contributed by atoms with Gasteiger partial charge in [-0.25, -0.2) is 0 Å². The summed E-state index contributed by atoms with van der Waals surface area (Å²) in [6.45, 7) is 3.65. The van der Waals surface area contributed by atoms with E-state index >= 15 is 0 Å². The lowest BCUT2D eigenvalue weighted by Crippen LogP contribution is -2.10. The molecular formula is C18H16O3S. The maximum Gasteiger partial charge on any atom is 0.310 e. The lowest BCUT2D eigenvalue weighted by molar-refractivity contribution is -0.138. The van der Waals surface area contributed by atoms with Crippen molar-refractivity contribution >= 4 is 23.5 Å². The van der Waals surface area contributed by atoms with E-state index in [9.17, 15) is 9.59 Å². The van der Waals surface area contributed by atoms with Crippen molar-refractivity contribution in [1.29, 1.82) is 0 Å². The van der Waals surface area contributed by atoms with Crippen LogP contribution in [0.25, 0.3) is 0 Å². The van der Waals surface area contributed by atoms with Crippen molar-refractivity contribution in [1.82, 2.24) is 0 Å². The van der Waals surface area contributed by atoms with Gasteiger partial charge in [0.2, 0.25) is 0 Å². The minimum Gasteiger partial charge on any atom is -0.481 e. The van der Waals surface area contributed by atoms with Gasteiger partial charge in [0.05, 0.1) is 5.92 Å². The third-order valence-corrected chi connectivity index (χ3v) is 5.16. The van der Waals surface area contributed by atoms with E-state index in [0.717, 1.165) is 20.9 Å². The summed E-state index contributed by atoms with van der Waals surface area (Å²) in [5.74, 6) is -1.45. The number of carbonyl (C=O) groups is 2. The van der Waals surface area contributed by atoms with Gasteiger partial charge in [-0.3, -0.25) is 9.59 Å². The van der Waals surface area contributed by atoms with E-state index in [1.807, 2.05) is 31.2 Å². The van der Waals surface area contributed by atoms with Crippen LogP contribution in [-0.4, -0.2) is 16.9 Å². The van der Waals surface area contributed by atoms with Crippen LogP contribution in [0.15, 0.2) is 46.2 Å². The molecule has 1 N–H and O–H groups in total. The fraction of sp³-hybridized carbons (Fsp3) is 0.222. The lowest BCUT2D eigenvalue weighted by Gasteiger charge is -2.10. The summed E-state index contributed by atoms with van der Waals surface area (Å²) in [5, 5.41) is 9.14. The van der Waals surface area contributed by atoms with Crippen LogP contribution in [-0.2, 0) is 11.2 Å². The number of ketones is 1. The second-order valence-electron chi connectivity index (χ2n) is 5.63. The van der Waals surface area contributed by atoms with Crippen molar-refractivity contribution in [2.45, 2.75) is 36.0 Å². The predicted molar refractivity (Wildman–Crippen MR) is 85.8 cm³/mol. The number of carboxylic acids is 1. The van der Waals surface area contributed by atoms with Crippen LogP contribution in [0.5, 0.6) is 0 Å². The molecule has 2 aromatic rings. The smallest absolute Gasteiger partial charge is 0.310 e. The van der Waals surface area contributed by atoms with Crippen LogP contribution < -0.4 is 0 Å². The molecule has 4 heteroatoms. The first kappa shape index (κ1) is 14.9. The Morgan fingerprint density at radius 3 is 2.64 bits per heavy atom. The molecule has 3 rings (SSSR count). The SMILES string of the molecule is Cc1ccc2c(c1)CC(=O)c1cc([C@@H](C)C(=O)O)ccc1S2. The molecule has 1 heterocycles. The highest BCUT2D eigenvalue weighted by molar-refractivity contribution is 7.99. The van der Waals surface area contributed by atoms with Gasteiger partial charge in [-0.05, 0) is 43.2 Å². The molecule has 3 nitrogen and oxygen atoms in total. The van der Waals surface area contributed by atoms with Gasteiger partial charge in [0.15, 0.2) is 5.78 Å². The molecule has 1 atom stereocenters. The van der Waals surface area contributed by atoms with Gasteiger partial charge in [-0.2, -0.15) is 0 Å². The van der Waals surface area contributed by atoms with Crippen LogP contribution in [0.3, 0.4) is 0 Å². The number of rotatable bonds is 2. The van der Waals surface area contributed by atoms with E-state index in [2.05, 4.69) is 0 Å². The molecule has 1 aliphatic rings. The number of fused-ring (bicyclic) bond motifs is 2. The molecule has 0 amide bonds. The molecule has 1 aliphatic heterocycles. The maximum atomic E-state index is 12.6. The molecule has 0 saturated carbocycles. The van der Waals surface area contributed by atoms with Gasteiger partial charge in [-0.15, -0.1) is 0 Å². The highest BCUT2D eigenvalue weighted by Crippen LogP contribution is 2.38. The Morgan fingerprint density at radius 1 is 1.18 bits per heavy atom. The Morgan fingerprint density at radius 2 is 1.91 bits per heavy atom. The van der Waals surface area contributed by atoms with E-state index in [4.69, 9.17) is 5.11 Å². The molecule has 2 aromatic carbocycles. The molecular weight excluding hydrogens is 296 g/mol. The number of carbonyl (C=O) groups excluding carboxylic acids is 1. The second kappa shape index (κ2) is 5.61. The van der Waals surface area contributed by atoms with Crippen molar-refractivity contribution in [2.24, 2.45) is 0 Å². The number of hydrogen-bond acceptors (Lipinski definition) is 3. The van der Waals surface area contributed by atoms with Gasteiger partial charge in [0, 0.05) is 21.8 Å². The molecule has 0 unspecified atom stereocenters. The van der Waals surface area contributed by atoms with Crippen LogP contribution in [0.4, 0.5) is 0 Å². The Labute approximate surface area is 133 Å². The molecule has 0 spiro atoms. The Hall–Kier alpha value is -2.07. The summed E-state index contributed by atoms with van der Waals surface area (Å²) in [4.78, 5) is 25.7. The average Bonchev–Trinajstić information content (AvgIpc) is 2.62. The fourth-order valence-electron chi connectivity index (χ4n) is 2.60. The highest BCUT2D eigenvalue weighted by atomic mass is 32.2. The van der Waals surface area contributed by atoms with Crippen LogP contribution in [0, 0.1) is 6.92 Å². The zero-order chi connectivity index (χ0) is 15.9. The molecule has 0 radical (unpaired) electrons. The normalized spacial score (nSPS) is 14.7. The van der Waals surface area contributed by atoms with Gasteiger partial charge in [0.25, 0.3) is 0 Å². The molecule has 22 heavy (non-hydrogen) atoms. The zero-order valence-corrected chi connectivity index (χ0v) is 13.2. The van der Waals surface area contributed by atoms with E-state index in [0.29, 0.717) is 17.5 Å². The standard InChI is InChI=1S/C18H16O3S/c1-10-3-5-16-13(7-10)9-15(19)14-8-12(11(2)18(20)21)4-6-17(14)22-16/h3-8,11H,9H2,1-2H3,(H,20,21)/t11-/m1/s1. The third-order valence-electron chi connectivity index (χ3n) is 3.96. The lowest BCUT2D eigenvalue weighted by atomic mass is 9.95. The first-order valence-corrected chi connectivity index (χ1v) is 7.94. The Balaban J connectivity index is 2.06. The van der Waals surface area contributed by atoms with Crippen LogP contribution in [0.1, 0.15) is 39.9 Å². The zero-order valence-electron chi connectivity index (χ0n) is 12.4. The van der Waals surface area contributed by atoms with Crippen molar-refractivity contribution < 1.29 is 14.7 Å². The van der Waals surface area contributed by atoms with Crippen molar-refractivity contribution in [2.75, 3.05) is 0 Å². The summed E-state index contributed by atoms with van der Waals surface area (Å²) in [6, 6.07) is 11.5. The maximum absolute atomic E-state index is 12.6. The average molecular weight is 312 g/mol. The minimum absolute atomic E-state index is 0.0475. The largest absolute Gasteiger partial charge is 0.481 e. The van der Waals surface area contributed by atoms with Crippen molar-refractivity contribution in [3.63, 3.8) is 0 Å².